The summed E-state index contributed by atoms with van der Waals surface area (Å²) < 4.78 is 0. The molecule has 1 unspecified atom stereocenters. The molecule has 0 radical (unpaired) electrons. The molecule has 0 saturated carbocycles. The van der Waals surface area contributed by atoms with Crippen LogP contribution in [0.5, 0.6) is 0 Å². The van der Waals surface area contributed by atoms with Gasteiger partial charge in [-0.1, -0.05) is 24.3 Å². The summed E-state index contributed by atoms with van der Waals surface area (Å²) in [6, 6.07) is 7.22. The number of halogens is 1. The van der Waals surface area contributed by atoms with E-state index in [0.717, 1.165) is 5.56 Å². The normalized spacial score (nSPS) is 15.0. The van der Waals surface area contributed by atoms with Crippen molar-refractivity contribution < 1.29 is 9.90 Å². The third-order valence-electron chi connectivity index (χ3n) is 2.05. The van der Waals surface area contributed by atoms with Crippen LogP contribution >= 0.6 is 11.6 Å². The molecule has 0 heterocycles. The molecule has 0 aliphatic carbocycles. The van der Waals surface area contributed by atoms with Crippen LogP contribution in [0.3, 0.4) is 0 Å². The zero-order valence-electron chi connectivity index (χ0n) is 7.54. The van der Waals surface area contributed by atoms with E-state index < -0.39 is 10.8 Å². The van der Waals surface area contributed by atoms with Gasteiger partial charge in [-0.15, -0.1) is 11.6 Å². The van der Waals surface area contributed by atoms with Crippen molar-refractivity contribution in [3.05, 3.63) is 35.4 Å². The second kappa shape index (κ2) is 3.38. The van der Waals surface area contributed by atoms with Crippen molar-refractivity contribution in [1.82, 2.24) is 0 Å². The number of alkyl halides is 1. The van der Waals surface area contributed by atoms with E-state index in [1.165, 1.54) is 6.92 Å². The molecule has 70 valence electrons. The summed E-state index contributed by atoms with van der Waals surface area (Å²) in [4.78, 5) is 9.51. The highest BCUT2D eigenvalue weighted by molar-refractivity contribution is 6.33. The van der Waals surface area contributed by atoms with Crippen molar-refractivity contribution in [3.63, 3.8) is 0 Å². The highest BCUT2D eigenvalue weighted by Gasteiger charge is 2.33. The van der Waals surface area contributed by atoms with Crippen LogP contribution in [-0.2, 0) is 9.67 Å². The number of aryl methyl sites for hydroxylation is 1. The molecule has 2 nitrogen and oxygen atoms in total. The molecule has 1 rings (SSSR count). The minimum atomic E-state index is -1.33. The maximum atomic E-state index is 10.8. The van der Waals surface area contributed by atoms with E-state index in [0.29, 0.717) is 5.56 Å². The van der Waals surface area contributed by atoms with Crippen molar-refractivity contribution in [3.8, 4) is 0 Å². The largest absolute Gasteiger partial charge is 0.480 e. The highest BCUT2D eigenvalue weighted by atomic mass is 35.5. The number of carbonyl (C=O) groups is 1. The average Bonchev–Trinajstić information content (AvgIpc) is 2.04. The molecule has 0 fully saturated rings. The Hall–Kier alpha value is -1.02. The van der Waals surface area contributed by atoms with Crippen LogP contribution in [0.25, 0.3) is 0 Å². The molecular formula is C10H11ClO2. The Morgan fingerprint density at radius 1 is 1.46 bits per heavy atom. The smallest absolute Gasteiger partial charge is 0.329 e. The van der Waals surface area contributed by atoms with Gasteiger partial charge in [0.1, 0.15) is 0 Å². The Bertz CT molecular complexity index is 331. The lowest BCUT2D eigenvalue weighted by molar-refractivity contribution is -0.140. The molecule has 1 N–H and O–H groups in total. The van der Waals surface area contributed by atoms with Gasteiger partial charge in [-0.25, -0.2) is 4.79 Å². The fraction of sp³-hybridized carbons (Fsp3) is 0.300. The molecule has 0 aliphatic rings. The lowest BCUT2D eigenvalue weighted by atomic mass is 9.96. The Kier molecular flexibility index (Phi) is 2.62. The predicted octanol–water partition coefficient (Wildman–Crippen LogP) is 2.53. The molecule has 13 heavy (non-hydrogen) atoms. The molecule has 1 aromatic rings. The molecule has 0 spiro atoms. The Morgan fingerprint density at radius 2 is 2.00 bits per heavy atom. The van der Waals surface area contributed by atoms with Crippen LogP contribution in [0.1, 0.15) is 18.1 Å². The number of hydrogen-bond acceptors (Lipinski definition) is 1. The van der Waals surface area contributed by atoms with Crippen LogP contribution in [0.15, 0.2) is 24.3 Å². The number of aliphatic carboxylic acids is 1. The number of benzene rings is 1. The van der Waals surface area contributed by atoms with E-state index in [-0.39, 0.29) is 0 Å². The first-order chi connectivity index (χ1) is 5.96. The van der Waals surface area contributed by atoms with Crippen molar-refractivity contribution in [2.45, 2.75) is 18.7 Å². The van der Waals surface area contributed by atoms with E-state index in [9.17, 15) is 4.79 Å². The maximum Gasteiger partial charge on any atom is 0.329 e. The second-order valence-electron chi connectivity index (χ2n) is 3.12. The molecule has 0 aliphatic heterocycles. The van der Waals surface area contributed by atoms with Gasteiger partial charge in [-0.3, -0.25) is 0 Å². The lowest BCUT2D eigenvalue weighted by Crippen LogP contribution is -2.26. The molecule has 0 aromatic heterocycles. The Balaban J connectivity index is 3.22. The summed E-state index contributed by atoms with van der Waals surface area (Å²) in [5.41, 5.74) is 1.53. The summed E-state index contributed by atoms with van der Waals surface area (Å²) in [6.45, 7) is 3.33. The summed E-state index contributed by atoms with van der Waals surface area (Å²) in [5.74, 6) is -1.02. The van der Waals surface area contributed by atoms with Crippen molar-refractivity contribution in [2.75, 3.05) is 0 Å². The summed E-state index contributed by atoms with van der Waals surface area (Å²) in [5, 5.41) is 8.89. The van der Waals surface area contributed by atoms with Crippen LogP contribution in [-0.4, -0.2) is 11.1 Å². The quantitative estimate of drug-likeness (QED) is 0.742. The van der Waals surface area contributed by atoms with Gasteiger partial charge in [0.2, 0.25) is 0 Å². The van der Waals surface area contributed by atoms with Crippen molar-refractivity contribution >= 4 is 17.6 Å². The molecule has 0 saturated heterocycles. The first kappa shape index (κ1) is 10.1. The van der Waals surface area contributed by atoms with Gasteiger partial charge in [0.15, 0.2) is 4.87 Å². The molecule has 3 heteroatoms. The molecule has 0 bridgehead atoms. The third-order valence-corrected chi connectivity index (χ3v) is 2.42. The first-order valence-electron chi connectivity index (χ1n) is 3.94. The van der Waals surface area contributed by atoms with Gasteiger partial charge in [0.05, 0.1) is 0 Å². The molecule has 1 aromatic carbocycles. The molecule has 0 amide bonds. The fourth-order valence-corrected chi connectivity index (χ4v) is 1.43. The first-order valence-corrected chi connectivity index (χ1v) is 4.32. The fourth-order valence-electron chi connectivity index (χ4n) is 1.21. The van der Waals surface area contributed by atoms with Crippen molar-refractivity contribution in [2.24, 2.45) is 0 Å². The van der Waals surface area contributed by atoms with E-state index in [2.05, 4.69) is 0 Å². The zero-order valence-corrected chi connectivity index (χ0v) is 8.30. The van der Waals surface area contributed by atoms with Gasteiger partial charge in [0.25, 0.3) is 0 Å². The van der Waals surface area contributed by atoms with E-state index >= 15 is 0 Å². The van der Waals surface area contributed by atoms with E-state index in [4.69, 9.17) is 16.7 Å². The minimum absolute atomic E-state index is 0.643. The van der Waals surface area contributed by atoms with Gasteiger partial charge in [0, 0.05) is 0 Å². The predicted molar refractivity (Wildman–Crippen MR) is 52.0 cm³/mol. The number of carboxylic acids is 1. The lowest BCUT2D eigenvalue weighted by Gasteiger charge is -2.19. The Morgan fingerprint density at radius 3 is 2.46 bits per heavy atom. The van der Waals surface area contributed by atoms with Gasteiger partial charge in [-0.05, 0) is 25.0 Å². The summed E-state index contributed by atoms with van der Waals surface area (Å²) in [7, 11) is 0. The molecule has 1 atom stereocenters. The van der Waals surface area contributed by atoms with Gasteiger partial charge in [-0.2, -0.15) is 0 Å². The van der Waals surface area contributed by atoms with Crippen LogP contribution in [0.4, 0.5) is 0 Å². The number of rotatable bonds is 2. The van der Waals surface area contributed by atoms with Crippen LogP contribution in [0.2, 0.25) is 0 Å². The average molecular weight is 199 g/mol. The van der Waals surface area contributed by atoms with Crippen molar-refractivity contribution in [1.29, 1.82) is 0 Å². The highest BCUT2D eigenvalue weighted by Crippen LogP contribution is 2.30. The van der Waals surface area contributed by atoms with Crippen LogP contribution in [0, 0.1) is 6.92 Å². The standard InChI is InChI=1S/C10H11ClO2/c1-7-5-3-4-6-8(7)10(2,11)9(12)13/h3-6H,1-2H3,(H,12,13). The maximum absolute atomic E-state index is 10.8. The summed E-state index contributed by atoms with van der Waals surface area (Å²) in [6.07, 6.45) is 0. The summed E-state index contributed by atoms with van der Waals surface area (Å²) >= 11 is 5.90. The number of hydrogen-bond donors (Lipinski definition) is 1. The third kappa shape index (κ3) is 1.83. The van der Waals surface area contributed by atoms with Gasteiger partial charge >= 0.3 is 5.97 Å². The second-order valence-corrected chi connectivity index (χ2v) is 3.88. The van der Waals surface area contributed by atoms with E-state index in [1.54, 1.807) is 12.1 Å². The van der Waals surface area contributed by atoms with Crippen LogP contribution < -0.4 is 0 Å². The van der Waals surface area contributed by atoms with E-state index in [1.807, 2.05) is 19.1 Å². The number of carboxylic acid groups (broad SMARTS) is 1. The van der Waals surface area contributed by atoms with Gasteiger partial charge < -0.3 is 5.11 Å². The SMILES string of the molecule is Cc1ccccc1C(C)(Cl)C(=O)O. The monoisotopic (exact) mass is 198 g/mol. The molecular weight excluding hydrogens is 188 g/mol. The minimum Gasteiger partial charge on any atom is -0.480 e. The Labute approximate surface area is 82.2 Å². The zero-order chi connectivity index (χ0) is 10.1. The topological polar surface area (TPSA) is 37.3 Å².